The zero-order valence-corrected chi connectivity index (χ0v) is 15.5. The van der Waals surface area contributed by atoms with Gasteiger partial charge in [0.2, 0.25) is 5.95 Å². The average molecular weight is 362 g/mol. The van der Waals surface area contributed by atoms with Gasteiger partial charge in [0.1, 0.15) is 0 Å². The lowest BCUT2D eigenvalue weighted by molar-refractivity contribution is 0.0786. The van der Waals surface area contributed by atoms with E-state index < -0.39 is 0 Å². The Morgan fingerprint density at radius 1 is 1.15 bits per heavy atom. The van der Waals surface area contributed by atoms with Gasteiger partial charge in [0.25, 0.3) is 5.91 Å². The Hall–Kier alpha value is -3.22. The van der Waals surface area contributed by atoms with Crippen LogP contribution in [0.15, 0.2) is 48.8 Å². The van der Waals surface area contributed by atoms with E-state index in [1.807, 2.05) is 46.8 Å². The first-order valence-electron chi connectivity index (χ1n) is 9.06. The van der Waals surface area contributed by atoms with Crippen LogP contribution in [0.25, 0.3) is 0 Å². The third-order valence-electron chi connectivity index (χ3n) is 4.77. The SMILES string of the molecule is Cc1cc(C)n([C@@H]2CCN(C(=O)c3cnc(Nc4ccccc4)nc3)C2)n1. The van der Waals surface area contributed by atoms with Gasteiger partial charge >= 0.3 is 0 Å². The third-order valence-corrected chi connectivity index (χ3v) is 4.77. The Balaban J connectivity index is 1.42. The molecule has 7 heteroatoms. The Morgan fingerprint density at radius 3 is 2.56 bits per heavy atom. The zero-order chi connectivity index (χ0) is 18.8. The van der Waals surface area contributed by atoms with Crippen molar-refractivity contribution in [2.75, 3.05) is 18.4 Å². The predicted octanol–water partition coefficient (Wildman–Crippen LogP) is 3.12. The minimum atomic E-state index is -0.0368. The molecule has 0 bridgehead atoms. The second-order valence-electron chi connectivity index (χ2n) is 6.85. The average Bonchev–Trinajstić information content (AvgIpc) is 3.29. The van der Waals surface area contributed by atoms with E-state index in [1.165, 1.54) is 0 Å². The molecule has 138 valence electrons. The third kappa shape index (κ3) is 3.67. The van der Waals surface area contributed by atoms with Gasteiger partial charge in [-0.05, 0) is 38.5 Å². The smallest absolute Gasteiger partial charge is 0.257 e. The number of hydrogen-bond acceptors (Lipinski definition) is 5. The monoisotopic (exact) mass is 362 g/mol. The minimum Gasteiger partial charge on any atom is -0.336 e. The summed E-state index contributed by atoms with van der Waals surface area (Å²) in [6.45, 7) is 5.41. The van der Waals surface area contributed by atoms with E-state index in [0.29, 0.717) is 24.6 Å². The van der Waals surface area contributed by atoms with Crippen LogP contribution in [-0.4, -0.2) is 43.6 Å². The number of amides is 1. The number of anilines is 2. The van der Waals surface area contributed by atoms with Crippen LogP contribution in [0, 0.1) is 13.8 Å². The number of hydrogen-bond donors (Lipinski definition) is 1. The molecule has 0 unspecified atom stereocenters. The molecular formula is C20H22N6O. The second-order valence-corrected chi connectivity index (χ2v) is 6.85. The molecule has 0 aliphatic carbocycles. The quantitative estimate of drug-likeness (QED) is 0.772. The Bertz CT molecular complexity index is 935. The number of carbonyl (C=O) groups is 1. The molecule has 4 rings (SSSR count). The van der Waals surface area contributed by atoms with E-state index in [2.05, 4.69) is 33.4 Å². The number of aromatic nitrogens is 4. The molecule has 27 heavy (non-hydrogen) atoms. The first kappa shape index (κ1) is 17.2. The van der Waals surface area contributed by atoms with Crippen molar-refractivity contribution in [3.63, 3.8) is 0 Å². The molecule has 0 spiro atoms. The highest BCUT2D eigenvalue weighted by Crippen LogP contribution is 2.24. The molecule has 1 saturated heterocycles. The molecule has 0 saturated carbocycles. The Labute approximate surface area is 158 Å². The fourth-order valence-corrected chi connectivity index (χ4v) is 3.48. The number of likely N-dealkylation sites (tertiary alicyclic amines) is 1. The number of rotatable bonds is 4. The molecule has 1 N–H and O–H groups in total. The normalized spacial score (nSPS) is 16.5. The number of aryl methyl sites for hydroxylation is 2. The van der Waals surface area contributed by atoms with Crippen LogP contribution >= 0.6 is 0 Å². The van der Waals surface area contributed by atoms with Crippen molar-refractivity contribution in [3.05, 3.63) is 65.7 Å². The van der Waals surface area contributed by atoms with Crippen LogP contribution in [-0.2, 0) is 0 Å². The fourth-order valence-electron chi connectivity index (χ4n) is 3.48. The summed E-state index contributed by atoms with van der Waals surface area (Å²) in [4.78, 5) is 23.2. The molecule has 1 aliphatic heterocycles. The molecule has 1 amide bonds. The molecule has 1 aliphatic rings. The van der Waals surface area contributed by atoms with Crippen LogP contribution in [0.5, 0.6) is 0 Å². The van der Waals surface area contributed by atoms with Gasteiger partial charge < -0.3 is 10.2 Å². The minimum absolute atomic E-state index is 0.0368. The summed E-state index contributed by atoms with van der Waals surface area (Å²) in [5, 5.41) is 7.67. The number of nitrogens with one attached hydrogen (secondary N) is 1. The Kier molecular flexibility index (Phi) is 4.58. The number of carbonyl (C=O) groups excluding carboxylic acids is 1. The van der Waals surface area contributed by atoms with Crippen LogP contribution in [0.2, 0.25) is 0 Å². The van der Waals surface area contributed by atoms with Gasteiger partial charge in [0.05, 0.1) is 17.3 Å². The maximum absolute atomic E-state index is 12.8. The number of para-hydroxylation sites is 1. The summed E-state index contributed by atoms with van der Waals surface area (Å²) in [6, 6.07) is 12.0. The highest BCUT2D eigenvalue weighted by atomic mass is 16.2. The summed E-state index contributed by atoms with van der Waals surface area (Å²) >= 11 is 0. The van der Waals surface area contributed by atoms with Crippen LogP contribution < -0.4 is 5.32 Å². The summed E-state index contributed by atoms with van der Waals surface area (Å²) < 4.78 is 2.03. The summed E-state index contributed by atoms with van der Waals surface area (Å²) in [6.07, 6.45) is 4.07. The predicted molar refractivity (Wildman–Crippen MR) is 103 cm³/mol. The van der Waals surface area contributed by atoms with Gasteiger partial charge in [-0.25, -0.2) is 9.97 Å². The van der Waals surface area contributed by atoms with Gasteiger partial charge in [-0.2, -0.15) is 5.10 Å². The lowest BCUT2D eigenvalue weighted by Gasteiger charge is -2.17. The van der Waals surface area contributed by atoms with E-state index in [0.717, 1.165) is 23.5 Å². The topological polar surface area (TPSA) is 75.9 Å². The molecule has 3 heterocycles. The molecule has 1 aromatic carbocycles. The maximum Gasteiger partial charge on any atom is 0.257 e. The largest absolute Gasteiger partial charge is 0.336 e. The van der Waals surface area contributed by atoms with Gasteiger partial charge in [0, 0.05) is 36.9 Å². The van der Waals surface area contributed by atoms with E-state index in [4.69, 9.17) is 0 Å². The molecule has 0 radical (unpaired) electrons. The first-order valence-corrected chi connectivity index (χ1v) is 9.06. The Morgan fingerprint density at radius 2 is 1.89 bits per heavy atom. The zero-order valence-electron chi connectivity index (χ0n) is 15.5. The van der Waals surface area contributed by atoms with Crippen molar-refractivity contribution in [2.45, 2.75) is 26.3 Å². The molecule has 1 atom stereocenters. The van der Waals surface area contributed by atoms with Crippen LogP contribution in [0.1, 0.15) is 34.2 Å². The highest BCUT2D eigenvalue weighted by Gasteiger charge is 2.29. The van der Waals surface area contributed by atoms with Crippen molar-refractivity contribution in [2.24, 2.45) is 0 Å². The van der Waals surface area contributed by atoms with Crippen molar-refractivity contribution in [1.82, 2.24) is 24.6 Å². The van der Waals surface area contributed by atoms with E-state index in [-0.39, 0.29) is 11.9 Å². The first-order chi connectivity index (χ1) is 13.1. The lowest BCUT2D eigenvalue weighted by atomic mass is 10.2. The van der Waals surface area contributed by atoms with E-state index in [9.17, 15) is 4.79 Å². The van der Waals surface area contributed by atoms with Crippen molar-refractivity contribution in [3.8, 4) is 0 Å². The lowest BCUT2D eigenvalue weighted by Crippen LogP contribution is -2.29. The molecule has 2 aromatic heterocycles. The van der Waals surface area contributed by atoms with Crippen LogP contribution in [0.3, 0.4) is 0 Å². The number of nitrogens with zero attached hydrogens (tertiary/aromatic N) is 5. The van der Waals surface area contributed by atoms with Gasteiger partial charge in [-0.15, -0.1) is 0 Å². The highest BCUT2D eigenvalue weighted by molar-refractivity contribution is 5.93. The number of benzene rings is 1. The molecule has 7 nitrogen and oxygen atoms in total. The summed E-state index contributed by atoms with van der Waals surface area (Å²) in [7, 11) is 0. The summed E-state index contributed by atoms with van der Waals surface area (Å²) in [5.41, 5.74) is 3.55. The van der Waals surface area contributed by atoms with Crippen molar-refractivity contribution < 1.29 is 4.79 Å². The second kappa shape index (κ2) is 7.19. The van der Waals surface area contributed by atoms with Gasteiger partial charge in [0.15, 0.2) is 0 Å². The van der Waals surface area contributed by atoms with Crippen molar-refractivity contribution in [1.29, 1.82) is 0 Å². The molecular weight excluding hydrogens is 340 g/mol. The van der Waals surface area contributed by atoms with Gasteiger partial charge in [-0.1, -0.05) is 18.2 Å². The fraction of sp³-hybridized carbons (Fsp3) is 0.300. The standard InChI is InChI=1S/C20H22N6O/c1-14-10-15(2)26(24-14)18-8-9-25(13-18)19(27)16-11-21-20(22-12-16)23-17-6-4-3-5-7-17/h3-7,10-12,18H,8-9,13H2,1-2H3,(H,21,22,23)/t18-/m1/s1. The van der Waals surface area contributed by atoms with Crippen molar-refractivity contribution >= 4 is 17.5 Å². The van der Waals surface area contributed by atoms with E-state index >= 15 is 0 Å². The van der Waals surface area contributed by atoms with E-state index in [1.54, 1.807) is 12.4 Å². The maximum atomic E-state index is 12.8. The van der Waals surface area contributed by atoms with Crippen LogP contribution in [0.4, 0.5) is 11.6 Å². The molecule has 3 aromatic rings. The van der Waals surface area contributed by atoms with Gasteiger partial charge in [-0.3, -0.25) is 9.48 Å². The summed E-state index contributed by atoms with van der Waals surface area (Å²) in [5.74, 6) is 0.435. The molecule has 1 fully saturated rings.